The van der Waals surface area contributed by atoms with Crippen LogP contribution in [0.4, 0.5) is 9.93 Å². The lowest BCUT2D eigenvalue weighted by Crippen LogP contribution is -2.42. The number of urea groups is 1. The van der Waals surface area contributed by atoms with Crippen molar-refractivity contribution in [1.29, 1.82) is 0 Å². The Labute approximate surface area is 142 Å². The van der Waals surface area contributed by atoms with Crippen molar-refractivity contribution in [2.45, 2.75) is 26.2 Å². The maximum absolute atomic E-state index is 11.0. The Balaban J connectivity index is 1.81. The molecule has 0 saturated carbocycles. The monoisotopic (exact) mass is 353 g/mol. The molecule has 0 spiro atoms. The van der Waals surface area contributed by atoms with E-state index in [2.05, 4.69) is 16.4 Å². The van der Waals surface area contributed by atoms with Gasteiger partial charge in [0.05, 0.1) is 5.69 Å². The molecule has 0 aliphatic rings. The summed E-state index contributed by atoms with van der Waals surface area (Å²) in [5.41, 5.74) is 6.05. The molecule has 5 N–H and O–H groups in total. The van der Waals surface area contributed by atoms with Gasteiger partial charge in [-0.25, -0.2) is 15.6 Å². The highest BCUT2D eigenvalue weighted by atomic mass is 32.1. The molecule has 23 heavy (non-hydrogen) atoms. The number of hydrazine groups is 1. The second-order valence-electron chi connectivity index (χ2n) is 4.97. The van der Waals surface area contributed by atoms with E-state index >= 15 is 0 Å². The van der Waals surface area contributed by atoms with Gasteiger partial charge in [-0.2, -0.15) is 0 Å². The zero-order valence-electron chi connectivity index (χ0n) is 12.7. The van der Waals surface area contributed by atoms with E-state index in [1.165, 1.54) is 23.1 Å². The van der Waals surface area contributed by atoms with Gasteiger partial charge in [0.25, 0.3) is 0 Å². The number of aryl methyl sites for hydroxylation is 2. The lowest BCUT2D eigenvalue weighted by Gasteiger charge is -2.11. The molecule has 2 rings (SSSR count). The normalized spacial score (nSPS) is 10.5. The van der Waals surface area contributed by atoms with Crippen LogP contribution in [0.5, 0.6) is 0 Å². The number of amides is 3. The number of carbonyl (C=O) groups is 2. The van der Waals surface area contributed by atoms with E-state index in [1.807, 2.05) is 11.4 Å². The van der Waals surface area contributed by atoms with Crippen LogP contribution < -0.4 is 16.9 Å². The van der Waals surface area contributed by atoms with Crippen molar-refractivity contribution in [3.8, 4) is 0 Å². The van der Waals surface area contributed by atoms with Gasteiger partial charge in [0.2, 0.25) is 5.91 Å². The maximum atomic E-state index is 11.0. The molecule has 0 unspecified atom stereocenters. The average Bonchev–Trinajstić information content (AvgIpc) is 3.11. The first-order chi connectivity index (χ1) is 10.9. The van der Waals surface area contributed by atoms with E-state index in [0.29, 0.717) is 18.1 Å². The number of nitrogens with two attached hydrogens (primary N) is 2. The fourth-order valence-corrected chi connectivity index (χ4v) is 3.71. The minimum absolute atomic E-state index is 0.112. The number of hydrogen-bond acceptors (Lipinski definition) is 6. The summed E-state index contributed by atoms with van der Waals surface area (Å²) in [7, 11) is 0. The maximum Gasteiger partial charge on any atom is 0.328 e. The second kappa shape index (κ2) is 8.04. The third-order valence-electron chi connectivity index (χ3n) is 3.06. The zero-order valence-corrected chi connectivity index (χ0v) is 14.4. The quantitative estimate of drug-likeness (QED) is 0.399. The van der Waals surface area contributed by atoms with Crippen molar-refractivity contribution in [1.82, 2.24) is 9.99 Å². The van der Waals surface area contributed by atoms with Crippen LogP contribution in [0.15, 0.2) is 17.5 Å². The van der Waals surface area contributed by atoms with Gasteiger partial charge in [-0.15, -0.1) is 22.7 Å². The van der Waals surface area contributed by atoms with Crippen molar-refractivity contribution < 1.29 is 9.59 Å². The number of hydrogen-bond donors (Lipinski definition) is 3. The molecule has 7 nitrogen and oxygen atoms in total. The number of thiophene rings is 1. The first-order valence-corrected chi connectivity index (χ1v) is 8.75. The number of thiazole rings is 1. The Kier molecular flexibility index (Phi) is 6.08. The minimum atomic E-state index is -0.625. The van der Waals surface area contributed by atoms with Crippen molar-refractivity contribution in [2.24, 2.45) is 11.6 Å². The Bertz CT molecular complexity index is 682. The Morgan fingerprint density at radius 3 is 2.61 bits per heavy atom. The van der Waals surface area contributed by atoms with E-state index in [4.69, 9.17) is 11.6 Å². The van der Waals surface area contributed by atoms with Gasteiger partial charge in [0, 0.05) is 35.0 Å². The predicted octanol–water partition coefficient (Wildman–Crippen LogP) is 1.75. The number of rotatable bonds is 7. The number of nitrogens with one attached hydrogen (secondary N) is 1. The topological polar surface area (TPSA) is 114 Å². The number of primary amides is 1. The van der Waals surface area contributed by atoms with E-state index in [-0.39, 0.29) is 5.91 Å². The Morgan fingerprint density at radius 1 is 1.26 bits per heavy atom. The van der Waals surface area contributed by atoms with Crippen LogP contribution in [0.25, 0.3) is 0 Å². The van der Waals surface area contributed by atoms with Crippen LogP contribution in [-0.2, 0) is 24.1 Å². The number of anilines is 1. The molecular weight excluding hydrogens is 334 g/mol. The van der Waals surface area contributed by atoms with Crippen LogP contribution in [0.2, 0.25) is 0 Å². The third-order valence-corrected chi connectivity index (χ3v) is 5.07. The first-order valence-electron chi connectivity index (χ1n) is 7.05. The van der Waals surface area contributed by atoms with Gasteiger partial charge >= 0.3 is 6.03 Å². The smallest absolute Gasteiger partial charge is 0.328 e. The molecule has 9 heteroatoms. The standard InChI is InChI=1S/C14H19N5O2S2/c1-9(20)17-14-18-10(8-22-14)2-3-11-4-5-12(23-11)6-7-19(16)13(15)21/h4-5,8H,2-3,6-7,16H2,1H3,(H2,15,21)(H,17,18,20). The van der Waals surface area contributed by atoms with Crippen LogP contribution in [0.3, 0.4) is 0 Å². The van der Waals surface area contributed by atoms with E-state index < -0.39 is 6.03 Å². The van der Waals surface area contributed by atoms with Crippen LogP contribution in [0.1, 0.15) is 22.4 Å². The molecule has 2 aromatic heterocycles. The zero-order chi connectivity index (χ0) is 16.8. The summed E-state index contributed by atoms with van der Waals surface area (Å²) in [6.45, 7) is 1.87. The summed E-state index contributed by atoms with van der Waals surface area (Å²) in [4.78, 5) is 28.6. The molecule has 124 valence electrons. The number of nitrogens with zero attached hydrogens (tertiary/aromatic N) is 2. The Morgan fingerprint density at radius 2 is 1.96 bits per heavy atom. The van der Waals surface area contributed by atoms with Crippen LogP contribution in [-0.4, -0.2) is 28.5 Å². The lowest BCUT2D eigenvalue weighted by atomic mass is 10.2. The second-order valence-corrected chi connectivity index (χ2v) is 7.09. The highest BCUT2D eigenvalue weighted by molar-refractivity contribution is 7.14. The summed E-state index contributed by atoms with van der Waals surface area (Å²) in [6, 6.07) is 3.49. The molecule has 0 radical (unpaired) electrons. The predicted molar refractivity (Wildman–Crippen MR) is 92.3 cm³/mol. The van der Waals surface area contributed by atoms with Gasteiger partial charge in [0.1, 0.15) is 0 Å². The summed E-state index contributed by atoms with van der Waals surface area (Å²) in [5, 5.41) is 6.28. The fraction of sp³-hybridized carbons (Fsp3) is 0.357. The van der Waals surface area contributed by atoms with Gasteiger partial charge in [-0.3, -0.25) is 9.80 Å². The summed E-state index contributed by atoms with van der Waals surface area (Å²) >= 11 is 3.12. The van der Waals surface area contributed by atoms with E-state index in [1.54, 1.807) is 11.3 Å². The van der Waals surface area contributed by atoms with Crippen LogP contribution in [0, 0.1) is 0 Å². The SMILES string of the molecule is CC(=O)Nc1nc(CCc2ccc(CCN(N)C(N)=O)s2)cs1. The lowest BCUT2D eigenvalue weighted by molar-refractivity contribution is -0.114. The minimum Gasteiger partial charge on any atom is -0.350 e. The first kappa shape index (κ1) is 17.4. The molecule has 2 aromatic rings. The van der Waals surface area contributed by atoms with Crippen molar-refractivity contribution in [2.75, 3.05) is 11.9 Å². The number of carbonyl (C=O) groups excluding carboxylic acids is 2. The van der Waals surface area contributed by atoms with Crippen molar-refractivity contribution in [3.63, 3.8) is 0 Å². The van der Waals surface area contributed by atoms with Crippen molar-refractivity contribution >= 4 is 39.7 Å². The molecule has 0 aliphatic heterocycles. The molecule has 0 saturated heterocycles. The average molecular weight is 353 g/mol. The van der Waals surface area contributed by atoms with Crippen molar-refractivity contribution in [3.05, 3.63) is 33.0 Å². The largest absolute Gasteiger partial charge is 0.350 e. The highest BCUT2D eigenvalue weighted by Gasteiger charge is 2.08. The van der Waals surface area contributed by atoms with Gasteiger partial charge in [0.15, 0.2) is 5.13 Å². The molecule has 0 atom stereocenters. The van der Waals surface area contributed by atoms with Gasteiger partial charge < -0.3 is 11.1 Å². The summed E-state index contributed by atoms with van der Waals surface area (Å²) < 4.78 is 0. The molecule has 0 bridgehead atoms. The molecule has 0 aromatic carbocycles. The summed E-state index contributed by atoms with van der Waals surface area (Å²) in [6.07, 6.45) is 2.39. The number of aromatic nitrogens is 1. The summed E-state index contributed by atoms with van der Waals surface area (Å²) in [5.74, 6) is 5.36. The Hall–Kier alpha value is -1.97. The van der Waals surface area contributed by atoms with Crippen LogP contribution >= 0.6 is 22.7 Å². The fourth-order valence-electron chi connectivity index (χ4n) is 1.91. The molecule has 0 fully saturated rings. The van der Waals surface area contributed by atoms with Gasteiger partial charge in [-0.05, 0) is 25.0 Å². The van der Waals surface area contributed by atoms with E-state index in [9.17, 15) is 9.59 Å². The molecule has 2 heterocycles. The molecule has 3 amide bonds. The molecule has 0 aliphatic carbocycles. The van der Waals surface area contributed by atoms with Gasteiger partial charge in [-0.1, -0.05) is 0 Å². The highest BCUT2D eigenvalue weighted by Crippen LogP contribution is 2.21. The van der Waals surface area contributed by atoms with E-state index in [0.717, 1.165) is 28.4 Å². The molecular formula is C14H19N5O2S2. The third kappa shape index (κ3) is 5.62.